The van der Waals surface area contributed by atoms with Crippen molar-refractivity contribution >= 4 is 82.1 Å². The quantitative estimate of drug-likeness (QED) is 0.190. The van der Waals surface area contributed by atoms with Crippen molar-refractivity contribution in [3.63, 3.8) is 0 Å². The van der Waals surface area contributed by atoms with Crippen molar-refractivity contribution < 1.29 is 4.42 Å². The lowest BCUT2D eigenvalue weighted by atomic mass is 9.97. The molecule has 0 saturated carbocycles. The van der Waals surface area contributed by atoms with Gasteiger partial charge in [-0.2, -0.15) is 0 Å². The van der Waals surface area contributed by atoms with Crippen LogP contribution in [0.2, 0.25) is 0 Å². The van der Waals surface area contributed by atoms with Crippen LogP contribution in [0.4, 0.5) is 0 Å². The van der Waals surface area contributed by atoms with E-state index in [2.05, 4.69) is 168 Å². The van der Waals surface area contributed by atoms with Crippen molar-refractivity contribution in [2.24, 2.45) is 15.9 Å². The van der Waals surface area contributed by atoms with Crippen molar-refractivity contribution in [3.05, 3.63) is 180 Å². The van der Waals surface area contributed by atoms with E-state index in [1.54, 1.807) is 0 Å². The van der Waals surface area contributed by atoms with Crippen LogP contribution >= 0.6 is 11.3 Å². The highest BCUT2D eigenvalue weighted by molar-refractivity contribution is 7.25. The van der Waals surface area contributed by atoms with E-state index in [1.807, 2.05) is 17.4 Å². The maximum atomic E-state index is 6.63. The van der Waals surface area contributed by atoms with Crippen molar-refractivity contribution in [1.29, 1.82) is 0 Å². The van der Waals surface area contributed by atoms with Crippen LogP contribution in [0, 0.1) is 5.92 Å². The van der Waals surface area contributed by atoms with E-state index in [-0.39, 0.29) is 12.1 Å². The van der Waals surface area contributed by atoms with Crippen molar-refractivity contribution in [2.45, 2.75) is 25.4 Å². The molecule has 9 aromatic rings. The number of rotatable bonds is 5. The molecular formula is C51H36N4OS. The number of benzene rings is 6. The number of nitrogens with zero attached hydrogens (tertiary/aromatic N) is 3. The molecule has 4 heterocycles. The summed E-state index contributed by atoms with van der Waals surface area (Å²) in [6, 6.07) is 46.0. The van der Waals surface area contributed by atoms with Gasteiger partial charge in [0, 0.05) is 70.3 Å². The molecule has 0 fully saturated rings. The number of nitrogens with one attached hydrogen (secondary N) is 1. The average Bonchev–Trinajstić information content (AvgIpc) is 3.95. The predicted molar refractivity (Wildman–Crippen MR) is 239 cm³/mol. The summed E-state index contributed by atoms with van der Waals surface area (Å²) in [5, 5.41) is 9.73. The molecular weight excluding hydrogens is 717 g/mol. The molecule has 2 aliphatic carbocycles. The van der Waals surface area contributed by atoms with Gasteiger partial charge in [0.05, 0.1) is 5.52 Å². The molecule has 272 valence electrons. The van der Waals surface area contributed by atoms with Gasteiger partial charge >= 0.3 is 0 Å². The zero-order valence-corrected chi connectivity index (χ0v) is 31.8. The summed E-state index contributed by atoms with van der Waals surface area (Å²) in [5.74, 6) is 1.80. The number of furan rings is 1. The molecule has 3 aliphatic rings. The summed E-state index contributed by atoms with van der Waals surface area (Å²) in [5.41, 5.74) is 11.4. The maximum absolute atomic E-state index is 6.63. The number of para-hydroxylation sites is 1. The molecule has 5 nitrogen and oxygen atoms in total. The van der Waals surface area contributed by atoms with Crippen LogP contribution in [0.5, 0.6) is 0 Å². The van der Waals surface area contributed by atoms with Crippen molar-refractivity contribution in [3.8, 4) is 16.8 Å². The molecule has 12 rings (SSSR count). The van der Waals surface area contributed by atoms with E-state index in [9.17, 15) is 0 Å². The molecule has 6 heteroatoms. The monoisotopic (exact) mass is 752 g/mol. The molecule has 0 saturated heterocycles. The Kier molecular flexibility index (Phi) is 7.35. The lowest BCUT2D eigenvalue weighted by Crippen LogP contribution is -2.35. The molecule has 0 radical (unpaired) electrons. The van der Waals surface area contributed by atoms with Crippen LogP contribution in [0.1, 0.15) is 41.4 Å². The summed E-state index contributed by atoms with van der Waals surface area (Å²) in [6.07, 6.45) is 15.9. The molecule has 0 amide bonds. The molecule has 1 aliphatic heterocycles. The Hall–Kier alpha value is -6.76. The Bertz CT molecular complexity index is 3260. The standard InChI is InChI=1S/C51H36N4OS/c1-3-12-31(13-4-1)49-52-50(32-14-5-2-6-15-32)54-51(53-49)40-18-11-21-44-48(40)39-25-22-34(29-45(39)56-44)33-23-27-46-41(28-33)38-26-24-35(30-47(38)57-46)55-42-19-9-7-16-36(42)37-17-8-10-20-43(37)55/h1-9,11-14,16-19,21-30,32,51H,10,15,20H2,(H,52,53,54). The Balaban J connectivity index is 0.921. The molecule has 57 heavy (non-hydrogen) atoms. The van der Waals surface area contributed by atoms with E-state index in [1.165, 1.54) is 53.6 Å². The fraction of sp³-hybridized carbons (Fsp3) is 0.0980. The number of hydrogen-bond donors (Lipinski definition) is 1. The lowest BCUT2D eigenvalue weighted by Gasteiger charge is -2.26. The Morgan fingerprint density at radius 3 is 2.49 bits per heavy atom. The summed E-state index contributed by atoms with van der Waals surface area (Å²) < 4.78 is 11.7. The highest BCUT2D eigenvalue weighted by atomic mass is 32.1. The lowest BCUT2D eigenvalue weighted by molar-refractivity contribution is 0.656. The first kappa shape index (κ1) is 32.5. The number of amidine groups is 2. The van der Waals surface area contributed by atoms with E-state index in [4.69, 9.17) is 14.4 Å². The highest BCUT2D eigenvalue weighted by Gasteiger charge is 2.27. The van der Waals surface area contributed by atoms with E-state index in [0.717, 1.165) is 69.6 Å². The van der Waals surface area contributed by atoms with E-state index in [0.29, 0.717) is 0 Å². The third-order valence-electron chi connectivity index (χ3n) is 11.8. The van der Waals surface area contributed by atoms with Gasteiger partial charge in [0.1, 0.15) is 29.0 Å². The van der Waals surface area contributed by atoms with Gasteiger partial charge in [-0.05, 0) is 78.9 Å². The smallest absolute Gasteiger partial charge is 0.148 e. The minimum absolute atomic E-state index is 0.128. The van der Waals surface area contributed by atoms with Crippen molar-refractivity contribution in [1.82, 2.24) is 9.88 Å². The Labute approximate surface area is 333 Å². The second-order valence-electron chi connectivity index (χ2n) is 15.2. The molecule has 2 unspecified atom stereocenters. The minimum Gasteiger partial charge on any atom is -0.456 e. The van der Waals surface area contributed by atoms with Crippen LogP contribution < -0.4 is 5.32 Å². The van der Waals surface area contributed by atoms with Crippen LogP contribution in [0.15, 0.2) is 172 Å². The number of aliphatic imine (C=N–C) groups is 2. The summed E-state index contributed by atoms with van der Waals surface area (Å²) in [4.78, 5) is 10.3. The van der Waals surface area contributed by atoms with Crippen LogP contribution in [-0.4, -0.2) is 16.2 Å². The third kappa shape index (κ3) is 5.28. The van der Waals surface area contributed by atoms with Gasteiger partial charge < -0.3 is 14.3 Å². The Morgan fingerprint density at radius 1 is 0.684 bits per heavy atom. The van der Waals surface area contributed by atoms with Crippen LogP contribution in [0.3, 0.4) is 0 Å². The molecule has 0 bridgehead atoms. The van der Waals surface area contributed by atoms with E-state index < -0.39 is 0 Å². The van der Waals surface area contributed by atoms with Gasteiger partial charge in [-0.25, -0.2) is 9.98 Å². The molecule has 1 N–H and O–H groups in total. The number of hydrogen-bond acceptors (Lipinski definition) is 5. The number of allylic oxidation sites excluding steroid dienone is 4. The third-order valence-corrected chi connectivity index (χ3v) is 13.0. The second kappa shape index (κ2) is 12.9. The van der Waals surface area contributed by atoms with Crippen LogP contribution in [0.25, 0.3) is 75.9 Å². The minimum atomic E-state index is -0.315. The largest absolute Gasteiger partial charge is 0.456 e. The number of aromatic nitrogens is 1. The average molecular weight is 753 g/mol. The number of thiophene rings is 1. The first-order valence-electron chi connectivity index (χ1n) is 19.8. The SMILES string of the molecule is C1=CCC(C2=NC(c3cccc4oc5cc(-c6ccc7sc8cc(-n9c%10c(c%11ccccc%119)C=CCC%10)ccc8c7c6)ccc5c34)NC(c3ccccc3)=N2)C=C1. The summed E-state index contributed by atoms with van der Waals surface area (Å²) in [6.45, 7) is 0. The predicted octanol–water partition coefficient (Wildman–Crippen LogP) is 13.1. The molecule has 2 atom stereocenters. The first-order valence-corrected chi connectivity index (χ1v) is 20.6. The highest BCUT2D eigenvalue weighted by Crippen LogP contribution is 2.42. The van der Waals surface area contributed by atoms with Gasteiger partial charge in [0.15, 0.2) is 0 Å². The molecule has 0 spiro atoms. The van der Waals surface area contributed by atoms with Gasteiger partial charge in [0.2, 0.25) is 0 Å². The van der Waals surface area contributed by atoms with Crippen LogP contribution in [-0.2, 0) is 6.42 Å². The van der Waals surface area contributed by atoms with Crippen molar-refractivity contribution in [2.75, 3.05) is 0 Å². The zero-order valence-electron chi connectivity index (χ0n) is 31.0. The number of fused-ring (bicyclic) bond motifs is 9. The van der Waals surface area contributed by atoms with Gasteiger partial charge in [-0.15, -0.1) is 11.3 Å². The Morgan fingerprint density at radius 2 is 1.56 bits per heavy atom. The summed E-state index contributed by atoms with van der Waals surface area (Å²) in [7, 11) is 0. The molecule has 6 aromatic carbocycles. The fourth-order valence-corrected chi connectivity index (χ4v) is 10.2. The van der Waals surface area contributed by atoms with Gasteiger partial charge in [-0.3, -0.25) is 0 Å². The van der Waals surface area contributed by atoms with Gasteiger partial charge in [0.25, 0.3) is 0 Å². The van der Waals surface area contributed by atoms with E-state index >= 15 is 0 Å². The maximum Gasteiger partial charge on any atom is 0.148 e. The van der Waals surface area contributed by atoms with Gasteiger partial charge in [-0.1, -0.05) is 115 Å². The fourth-order valence-electron chi connectivity index (χ4n) is 9.12. The second-order valence-corrected chi connectivity index (χ2v) is 16.3. The summed E-state index contributed by atoms with van der Waals surface area (Å²) >= 11 is 1.87. The zero-order chi connectivity index (χ0) is 37.5. The first-order chi connectivity index (χ1) is 28.2. The normalized spacial score (nSPS) is 17.8. The molecule has 3 aromatic heterocycles. The topological polar surface area (TPSA) is 54.8 Å².